The first-order valence-corrected chi connectivity index (χ1v) is 9.40. The molecule has 1 heterocycles. The molecule has 27 heavy (non-hydrogen) atoms. The Balaban J connectivity index is 1.84. The quantitative estimate of drug-likeness (QED) is 0.854. The van der Waals surface area contributed by atoms with Gasteiger partial charge >= 0.3 is 0 Å². The summed E-state index contributed by atoms with van der Waals surface area (Å²) in [4.78, 5) is 26.3. The largest absolute Gasteiger partial charge is 0.367 e. The van der Waals surface area contributed by atoms with Crippen LogP contribution in [0.15, 0.2) is 54.6 Å². The maximum absolute atomic E-state index is 12.3. The number of nitrogens with zero attached hydrogens (tertiary/aromatic N) is 1. The first kappa shape index (κ1) is 19.1. The summed E-state index contributed by atoms with van der Waals surface area (Å²) in [5.41, 5.74) is 7.69. The molecule has 1 saturated heterocycles. The van der Waals surface area contributed by atoms with Gasteiger partial charge < -0.3 is 15.4 Å². The third-order valence-corrected chi connectivity index (χ3v) is 4.98. The number of morpholine rings is 1. The van der Waals surface area contributed by atoms with Gasteiger partial charge in [-0.15, -0.1) is 0 Å². The number of carbonyl (C=O) groups is 2. The lowest BCUT2D eigenvalue weighted by Crippen LogP contribution is -2.61. The van der Waals surface area contributed by atoms with Crippen molar-refractivity contribution in [2.75, 3.05) is 19.7 Å². The molecule has 0 saturated carbocycles. The van der Waals surface area contributed by atoms with Crippen LogP contribution in [0, 0.1) is 0 Å². The van der Waals surface area contributed by atoms with E-state index in [-0.39, 0.29) is 12.5 Å². The van der Waals surface area contributed by atoms with E-state index in [0.717, 1.165) is 23.1 Å². The van der Waals surface area contributed by atoms with Crippen molar-refractivity contribution in [3.05, 3.63) is 60.2 Å². The van der Waals surface area contributed by atoms with E-state index in [2.05, 4.69) is 6.07 Å². The summed E-state index contributed by atoms with van der Waals surface area (Å²) in [6.45, 7) is 2.99. The molecular weight excluding hydrogens is 340 g/mol. The Labute approximate surface area is 160 Å². The molecule has 2 N–H and O–H groups in total. The van der Waals surface area contributed by atoms with Gasteiger partial charge in [0, 0.05) is 19.4 Å². The fourth-order valence-electron chi connectivity index (χ4n) is 3.53. The average Bonchev–Trinajstić information content (AvgIpc) is 2.69. The monoisotopic (exact) mass is 366 g/mol. The van der Waals surface area contributed by atoms with E-state index in [9.17, 15) is 9.59 Å². The summed E-state index contributed by atoms with van der Waals surface area (Å²) in [6, 6.07) is 18.1. The molecule has 3 rings (SSSR count). The Hall–Kier alpha value is -2.66. The normalized spacial score (nSPS) is 19.7. The minimum atomic E-state index is -1.18. The molecule has 2 amide bonds. The van der Waals surface area contributed by atoms with Crippen LogP contribution in [0.4, 0.5) is 0 Å². The molecule has 0 bridgehead atoms. The van der Waals surface area contributed by atoms with Crippen LogP contribution in [0.2, 0.25) is 0 Å². The molecule has 2 aromatic rings. The van der Waals surface area contributed by atoms with Crippen LogP contribution in [0.3, 0.4) is 0 Å². The van der Waals surface area contributed by atoms with Gasteiger partial charge in [-0.3, -0.25) is 9.59 Å². The minimum Gasteiger partial charge on any atom is -0.367 e. The topological polar surface area (TPSA) is 72.6 Å². The van der Waals surface area contributed by atoms with Crippen molar-refractivity contribution in [2.24, 2.45) is 5.73 Å². The molecule has 1 fully saturated rings. The zero-order valence-corrected chi connectivity index (χ0v) is 15.7. The van der Waals surface area contributed by atoms with E-state index in [1.165, 1.54) is 0 Å². The van der Waals surface area contributed by atoms with Crippen molar-refractivity contribution >= 4 is 11.8 Å². The highest BCUT2D eigenvalue weighted by Crippen LogP contribution is 2.27. The fourth-order valence-corrected chi connectivity index (χ4v) is 3.53. The molecule has 0 aromatic heterocycles. The molecule has 0 spiro atoms. The number of primary amides is 1. The highest BCUT2D eigenvalue weighted by molar-refractivity contribution is 5.86. The Morgan fingerprint density at radius 3 is 2.56 bits per heavy atom. The smallest absolute Gasteiger partial charge is 0.251 e. The third-order valence-electron chi connectivity index (χ3n) is 4.98. The lowest BCUT2D eigenvalue weighted by molar-refractivity contribution is -0.163. The van der Waals surface area contributed by atoms with E-state index in [0.29, 0.717) is 26.0 Å². The van der Waals surface area contributed by atoms with Gasteiger partial charge in [0.15, 0.2) is 5.60 Å². The number of ether oxygens (including phenoxy) is 1. The van der Waals surface area contributed by atoms with Gasteiger partial charge in [-0.1, -0.05) is 61.5 Å². The van der Waals surface area contributed by atoms with E-state index < -0.39 is 11.5 Å². The van der Waals surface area contributed by atoms with E-state index in [1.807, 2.05) is 55.5 Å². The van der Waals surface area contributed by atoms with Crippen LogP contribution < -0.4 is 5.73 Å². The molecule has 142 valence electrons. The molecule has 1 unspecified atom stereocenters. The Morgan fingerprint density at radius 2 is 1.85 bits per heavy atom. The molecule has 5 nitrogen and oxygen atoms in total. The molecule has 2 aromatic carbocycles. The lowest BCUT2D eigenvalue weighted by Gasteiger charge is -2.41. The van der Waals surface area contributed by atoms with Crippen LogP contribution in [0.5, 0.6) is 0 Å². The second kappa shape index (κ2) is 8.35. The van der Waals surface area contributed by atoms with Crippen molar-refractivity contribution in [3.63, 3.8) is 0 Å². The maximum atomic E-state index is 12.3. The number of nitrogens with two attached hydrogens (primary N) is 1. The zero-order chi connectivity index (χ0) is 19.3. The summed E-state index contributed by atoms with van der Waals surface area (Å²) in [5, 5.41) is 0. The molecule has 0 aliphatic carbocycles. The Bertz CT molecular complexity index is 806. The number of amides is 2. The van der Waals surface area contributed by atoms with Gasteiger partial charge in [-0.05, 0) is 23.1 Å². The molecular formula is C22H26N2O3. The fraction of sp³-hybridized carbons (Fsp3) is 0.364. The van der Waals surface area contributed by atoms with Gasteiger partial charge in [0.1, 0.15) is 0 Å². The van der Waals surface area contributed by atoms with Crippen molar-refractivity contribution in [1.29, 1.82) is 0 Å². The van der Waals surface area contributed by atoms with Crippen LogP contribution in [0.25, 0.3) is 11.1 Å². The standard InChI is InChI=1S/C22H26N2O3/c1-2-7-20(25)24-12-13-27-22(16-24,21(23)26)15-17-8-6-11-19(14-17)18-9-4-3-5-10-18/h3-6,8-11,14H,2,7,12-13,15-16H2,1H3,(H2,23,26). The summed E-state index contributed by atoms with van der Waals surface area (Å²) in [5.74, 6) is -0.480. The number of hydrogen-bond donors (Lipinski definition) is 1. The molecule has 1 atom stereocenters. The highest BCUT2D eigenvalue weighted by atomic mass is 16.5. The SMILES string of the molecule is CCCC(=O)N1CCOC(Cc2cccc(-c3ccccc3)c2)(C(N)=O)C1. The number of carbonyl (C=O) groups excluding carboxylic acids is 2. The number of hydrogen-bond acceptors (Lipinski definition) is 3. The second-order valence-corrected chi connectivity index (χ2v) is 7.02. The van der Waals surface area contributed by atoms with Gasteiger partial charge in [-0.25, -0.2) is 0 Å². The lowest BCUT2D eigenvalue weighted by atomic mass is 9.90. The van der Waals surface area contributed by atoms with Crippen LogP contribution in [-0.2, 0) is 20.7 Å². The van der Waals surface area contributed by atoms with E-state index >= 15 is 0 Å². The predicted molar refractivity (Wildman–Crippen MR) is 105 cm³/mol. The Kier molecular flexibility index (Phi) is 5.91. The van der Waals surface area contributed by atoms with E-state index in [1.54, 1.807) is 4.90 Å². The molecule has 5 heteroatoms. The summed E-state index contributed by atoms with van der Waals surface area (Å²) < 4.78 is 5.87. The van der Waals surface area contributed by atoms with Crippen molar-refractivity contribution in [1.82, 2.24) is 4.90 Å². The van der Waals surface area contributed by atoms with Gasteiger partial charge in [0.2, 0.25) is 5.91 Å². The first-order chi connectivity index (χ1) is 13.0. The van der Waals surface area contributed by atoms with Crippen LogP contribution in [0.1, 0.15) is 25.3 Å². The maximum Gasteiger partial charge on any atom is 0.251 e. The number of rotatable bonds is 6. The summed E-state index contributed by atoms with van der Waals surface area (Å²) in [7, 11) is 0. The van der Waals surface area contributed by atoms with Crippen LogP contribution >= 0.6 is 0 Å². The zero-order valence-electron chi connectivity index (χ0n) is 15.7. The van der Waals surface area contributed by atoms with Crippen molar-refractivity contribution in [3.8, 4) is 11.1 Å². The first-order valence-electron chi connectivity index (χ1n) is 9.40. The number of benzene rings is 2. The minimum absolute atomic E-state index is 0.0458. The summed E-state index contributed by atoms with van der Waals surface area (Å²) in [6.07, 6.45) is 1.59. The van der Waals surface area contributed by atoms with Crippen LogP contribution in [-0.4, -0.2) is 42.0 Å². The molecule has 1 aliphatic rings. The van der Waals surface area contributed by atoms with Crippen molar-refractivity contribution in [2.45, 2.75) is 31.8 Å². The molecule has 1 aliphatic heterocycles. The Morgan fingerprint density at radius 1 is 1.11 bits per heavy atom. The van der Waals surface area contributed by atoms with E-state index in [4.69, 9.17) is 10.5 Å². The van der Waals surface area contributed by atoms with Crippen molar-refractivity contribution < 1.29 is 14.3 Å². The second-order valence-electron chi connectivity index (χ2n) is 7.02. The average molecular weight is 366 g/mol. The highest BCUT2D eigenvalue weighted by Gasteiger charge is 2.43. The third kappa shape index (κ3) is 4.37. The van der Waals surface area contributed by atoms with Gasteiger partial charge in [0.05, 0.1) is 13.2 Å². The van der Waals surface area contributed by atoms with Gasteiger partial charge in [-0.2, -0.15) is 0 Å². The van der Waals surface area contributed by atoms with Gasteiger partial charge in [0.25, 0.3) is 5.91 Å². The predicted octanol–water partition coefficient (Wildman–Crippen LogP) is 2.78. The summed E-state index contributed by atoms with van der Waals surface area (Å²) >= 11 is 0. The molecule has 0 radical (unpaired) electrons.